The number of nitrogens with one attached hydrogen (secondary N) is 1. The van der Waals surface area contributed by atoms with Crippen molar-refractivity contribution < 1.29 is 0 Å². The van der Waals surface area contributed by atoms with Gasteiger partial charge in [0.2, 0.25) is 0 Å². The van der Waals surface area contributed by atoms with E-state index in [0.717, 1.165) is 30.3 Å². The van der Waals surface area contributed by atoms with E-state index in [2.05, 4.69) is 20.8 Å². The first-order chi connectivity index (χ1) is 7.34. The van der Waals surface area contributed by atoms with Crippen molar-refractivity contribution in [2.75, 3.05) is 6.54 Å². The summed E-state index contributed by atoms with van der Waals surface area (Å²) in [7, 11) is 0. The summed E-state index contributed by atoms with van der Waals surface area (Å²) in [4.78, 5) is 4.38. The molecule has 0 fully saturated rings. The summed E-state index contributed by atoms with van der Waals surface area (Å²) in [6, 6.07) is 1.93. The Morgan fingerprint density at radius 3 is 3.13 bits per heavy atom. The minimum absolute atomic E-state index is 0.839. The van der Waals surface area contributed by atoms with Gasteiger partial charge in [0.05, 0.1) is 17.2 Å². The molecule has 2 rings (SSSR count). The highest BCUT2D eigenvalue weighted by Crippen LogP contribution is 2.06. The summed E-state index contributed by atoms with van der Waals surface area (Å²) in [5, 5.41) is 10.7. The Morgan fingerprint density at radius 2 is 2.47 bits per heavy atom. The number of hydrogen-bond acceptors (Lipinski definition) is 4. The molecule has 80 valence electrons. The van der Waals surface area contributed by atoms with Gasteiger partial charge < -0.3 is 5.32 Å². The van der Waals surface area contributed by atoms with Gasteiger partial charge in [-0.25, -0.2) is 4.98 Å². The molecule has 0 amide bonds. The molecule has 0 aliphatic rings. The zero-order valence-corrected chi connectivity index (χ0v) is 9.50. The van der Waals surface area contributed by atoms with Crippen molar-refractivity contribution in [2.24, 2.45) is 0 Å². The molecule has 0 saturated heterocycles. The average molecular weight is 222 g/mol. The second-order valence-corrected chi connectivity index (χ2v) is 4.37. The van der Waals surface area contributed by atoms with Gasteiger partial charge in [-0.1, -0.05) is 0 Å². The van der Waals surface area contributed by atoms with Gasteiger partial charge in [-0.05, 0) is 13.0 Å². The first-order valence-electron chi connectivity index (χ1n) is 4.94. The Labute approximate surface area is 93.0 Å². The zero-order chi connectivity index (χ0) is 10.5. The molecular formula is C10H14N4S. The van der Waals surface area contributed by atoms with Gasteiger partial charge in [-0.2, -0.15) is 5.10 Å². The Morgan fingerprint density at radius 1 is 1.53 bits per heavy atom. The molecule has 2 heterocycles. The summed E-state index contributed by atoms with van der Waals surface area (Å²) in [5.41, 5.74) is 1.12. The average Bonchev–Trinajstić information content (AvgIpc) is 2.84. The molecule has 2 aromatic heterocycles. The smallest absolute Gasteiger partial charge is 0.0897 e. The maximum atomic E-state index is 4.38. The molecule has 0 unspecified atom stereocenters. The maximum Gasteiger partial charge on any atom is 0.0897 e. The predicted octanol–water partition coefficient (Wildman–Crippen LogP) is 1.44. The molecule has 4 nitrogen and oxygen atoms in total. The van der Waals surface area contributed by atoms with E-state index in [1.54, 1.807) is 17.5 Å². The number of aromatic nitrogens is 3. The van der Waals surface area contributed by atoms with E-state index in [9.17, 15) is 0 Å². The van der Waals surface area contributed by atoms with Crippen LogP contribution in [0, 0.1) is 6.92 Å². The lowest BCUT2D eigenvalue weighted by atomic mass is 10.4. The van der Waals surface area contributed by atoms with E-state index < -0.39 is 0 Å². The normalized spacial score (nSPS) is 10.7. The van der Waals surface area contributed by atoms with Crippen LogP contribution in [-0.2, 0) is 13.1 Å². The number of rotatable bonds is 5. The second-order valence-electron chi connectivity index (χ2n) is 3.30. The van der Waals surface area contributed by atoms with Gasteiger partial charge in [0.1, 0.15) is 0 Å². The summed E-state index contributed by atoms with van der Waals surface area (Å²) in [6.45, 7) is 4.68. The number of aryl methyl sites for hydroxylation is 1. The van der Waals surface area contributed by atoms with Gasteiger partial charge in [-0.3, -0.25) is 4.68 Å². The molecular weight excluding hydrogens is 208 g/mol. The molecule has 1 N–H and O–H groups in total. The molecule has 2 aromatic rings. The molecule has 0 aliphatic heterocycles. The largest absolute Gasteiger partial charge is 0.309 e. The summed E-state index contributed by atoms with van der Waals surface area (Å²) >= 11 is 1.69. The molecule has 0 aliphatic carbocycles. The molecule has 15 heavy (non-hydrogen) atoms. The minimum Gasteiger partial charge on any atom is -0.309 e. The van der Waals surface area contributed by atoms with Crippen LogP contribution >= 0.6 is 11.3 Å². The van der Waals surface area contributed by atoms with Crippen molar-refractivity contribution in [2.45, 2.75) is 20.0 Å². The Balaban J connectivity index is 1.67. The minimum atomic E-state index is 0.839. The number of nitrogens with zero attached hydrogens (tertiary/aromatic N) is 3. The van der Waals surface area contributed by atoms with Gasteiger partial charge in [-0.15, -0.1) is 11.3 Å². The van der Waals surface area contributed by atoms with E-state index in [4.69, 9.17) is 0 Å². The van der Waals surface area contributed by atoms with Crippen LogP contribution in [0.15, 0.2) is 23.8 Å². The van der Waals surface area contributed by atoms with E-state index in [0.29, 0.717) is 0 Å². The third-order valence-corrected chi connectivity index (χ3v) is 2.87. The van der Waals surface area contributed by atoms with Crippen LogP contribution in [0.1, 0.15) is 10.7 Å². The molecule has 0 spiro atoms. The van der Waals surface area contributed by atoms with Gasteiger partial charge in [0.25, 0.3) is 0 Å². The third kappa shape index (κ3) is 3.14. The quantitative estimate of drug-likeness (QED) is 0.778. The van der Waals surface area contributed by atoms with E-state index in [-0.39, 0.29) is 0 Å². The van der Waals surface area contributed by atoms with E-state index >= 15 is 0 Å². The summed E-state index contributed by atoms with van der Waals surface area (Å²) in [6.07, 6.45) is 3.76. The van der Waals surface area contributed by atoms with Crippen LogP contribution in [0.4, 0.5) is 0 Å². The molecule has 5 heteroatoms. The predicted molar refractivity (Wildman–Crippen MR) is 60.8 cm³/mol. The van der Waals surface area contributed by atoms with Gasteiger partial charge in [0, 0.05) is 30.9 Å². The Bertz CT molecular complexity index is 393. The van der Waals surface area contributed by atoms with Crippen molar-refractivity contribution in [3.05, 3.63) is 34.5 Å². The Hall–Kier alpha value is -1.20. The SMILES string of the molecule is Cc1nc(CNCCn2cccn2)cs1. The highest BCUT2D eigenvalue weighted by atomic mass is 32.1. The third-order valence-electron chi connectivity index (χ3n) is 2.05. The standard InChI is InChI=1S/C10H14N4S/c1-9-13-10(8-15-9)7-11-4-6-14-5-2-3-12-14/h2-3,5,8,11H,4,6-7H2,1H3. The topological polar surface area (TPSA) is 42.7 Å². The zero-order valence-electron chi connectivity index (χ0n) is 8.68. The van der Waals surface area contributed by atoms with Crippen LogP contribution in [-0.4, -0.2) is 21.3 Å². The lowest BCUT2D eigenvalue weighted by molar-refractivity contribution is 0.552. The number of hydrogen-bond donors (Lipinski definition) is 1. The molecule has 0 bridgehead atoms. The van der Waals surface area contributed by atoms with E-state index in [1.165, 1.54) is 0 Å². The van der Waals surface area contributed by atoms with Crippen LogP contribution in [0.3, 0.4) is 0 Å². The fraction of sp³-hybridized carbons (Fsp3) is 0.400. The first kappa shape index (κ1) is 10.3. The van der Waals surface area contributed by atoms with Crippen LogP contribution in [0.25, 0.3) is 0 Å². The lowest BCUT2D eigenvalue weighted by Gasteiger charge is -2.02. The highest BCUT2D eigenvalue weighted by Gasteiger charge is 1.97. The van der Waals surface area contributed by atoms with Crippen LogP contribution in [0.2, 0.25) is 0 Å². The second kappa shape index (κ2) is 5.04. The maximum absolute atomic E-state index is 4.38. The van der Waals surface area contributed by atoms with Gasteiger partial charge in [0.15, 0.2) is 0 Å². The molecule has 0 radical (unpaired) electrons. The highest BCUT2D eigenvalue weighted by molar-refractivity contribution is 7.09. The fourth-order valence-corrected chi connectivity index (χ4v) is 1.94. The van der Waals surface area contributed by atoms with Crippen LogP contribution < -0.4 is 5.32 Å². The van der Waals surface area contributed by atoms with E-state index in [1.807, 2.05) is 23.9 Å². The van der Waals surface area contributed by atoms with Crippen molar-refractivity contribution in [1.29, 1.82) is 0 Å². The fourth-order valence-electron chi connectivity index (χ4n) is 1.33. The van der Waals surface area contributed by atoms with Gasteiger partial charge >= 0.3 is 0 Å². The van der Waals surface area contributed by atoms with Crippen molar-refractivity contribution >= 4 is 11.3 Å². The van der Waals surface area contributed by atoms with Crippen molar-refractivity contribution in [3.63, 3.8) is 0 Å². The molecule has 0 aromatic carbocycles. The number of thiazole rings is 1. The molecule has 0 saturated carbocycles. The van der Waals surface area contributed by atoms with Crippen LogP contribution in [0.5, 0.6) is 0 Å². The van der Waals surface area contributed by atoms with Crippen molar-refractivity contribution in [1.82, 2.24) is 20.1 Å². The Kier molecular flexibility index (Phi) is 3.47. The monoisotopic (exact) mass is 222 g/mol. The molecule has 0 atom stereocenters. The summed E-state index contributed by atoms with van der Waals surface area (Å²) in [5.74, 6) is 0. The first-order valence-corrected chi connectivity index (χ1v) is 5.82. The summed E-state index contributed by atoms with van der Waals surface area (Å²) < 4.78 is 1.92. The van der Waals surface area contributed by atoms with Crippen molar-refractivity contribution in [3.8, 4) is 0 Å². The lowest BCUT2D eigenvalue weighted by Crippen LogP contribution is -2.19.